The van der Waals surface area contributed by atoms with Gasteiger partial charge < -0.3 is 82.2 Å². The molecule has 0 rings (SSSR count). The molecule has 16 nitrogen and oxygen atoms in total. The standard InChI is InChI=1S/2C6H15NO.6C6H14NO.2K.2Sm/c8*1-5(2)7(8)6(3)4;;;;/h2*5-7H,1-4H3;6*5-6H,1-4H3;;;;/q;;6*-1;2*+1;2*+3. The Labute approximate surface area is 574 Å². The van der Waals surface area contributed by atoms with E-state index in [0.717, 1.165) is 30.4 Å². The summed E-state index contributed by atoms with van der Waals surface area (Å²) in [6, 6.07) is 2.26. The SMILES string of the molecule is CC(C)N([O-])C(C)C.CC(C)N([O-])C(C)C.CC(C)N([O-])C(C)C.CC(C)N([O-])C(C)C.CC(C)N([O-])C(C)C.CC(C)N([O-])C(C)C.CC(C)[NH+]([O-])C(C)C.CC(C)[NH+]([O-])C(C)C.[K+].[K+].[Sm+3].[Sm+3]. The minimum Gasteiger partial charge on any atom is -0.785 e. The van der Waals surface area contributed by atoms with Gasteiger partial charge in [-0.25, -0.2) is 0 Å². The van der Waals surface area contributed by atoms with E-state index in [1.54, 1.807) is 0 Å². The molecule has 0 aromatic rings. The molecule has 406 valence electrons. The molecule has 0 fully saturated rings. The molecule has 0 bridgehead atoms. The first-order valence-electron chi connectivity index (χ1n) is 24.2. The maximum Gasteiger partial charge on any atom is 3.00 e. The fourth-order valence-electron chi connectivity index (χ4n) is 4.91. The van der Waals surface area contributed by atoms with Gasteiger partial charge in [0.2, 0.25) is 0 Å². The van der Waals surface area contributed by atoms with Crippen LogP contribution in [0.5, 0.6) is 0 Å². The molecule has 0 aliphatic rings. The van der Waals surface area contributed by atoms with Crippen molar-refractivity contribution in [1.29, 1.82) is 0 Å². The summed E-state index contributed by atoms with van der Waals surface area (Å²) in [6.07, 6.45) is 0. The van der Waals surface area contributed by atoms with Crippen LogP contribution in [0.25, 0.3) is 0 Å². The van der Waals surface area contributed by atoms with Gasteiger partial charge in [-0.2, -0.15) is 0 Å². The molecular weight excluding hydrogens is 1200 g/mol. The number of hydrogen-bond donors (Lipinski definition) is 2. The second-order valence-corrected chi connectivity index (χ2v) is 20.7. The quantitative estimate of drug-likeness (QED) is 0.165. The summed E-state index contributed by atoms with van der Waals surface area (Å²) in [5.74, 6) is 0. The Hall–Kier alpha value is 5.31. The molecule has 2 radical (unpaired) electrons. The van der Waals surface area contributed by atoms with Crippen LogP contribution in [0.1, 0.15) is 222 Å². The molecule has 0 saturated carbocycles. The van der Waals surface area contributed by atoms with E-state index in [0.29, 0.717) is 10.1 Å². The first-order valence-corrected chi connectivity index (χ1v) is 24.2. The van der Waals surface area contributed by atoms with E-state index >= 15 is 0 Å². The fraction of sp³-hybridized carbons (Fsp3) is 1.00. The van der Waals surface area contributed by atoms with Gasteiger partial charge in [-0.3, -0.25) is 0 Å². The summed E-state index contributed by atoms with van der Waals surface area (Å²) in [4.78, 5) is 0. The normalized spacial score (nSPS) is 11.3. The zero-order valence-electron chi connectivity index (χ0n) is 51.0. The predicted octanol–water partition coefficient (Wildman–Crippen LogP) is 4.00. The van der Waals surface area contributed by atoms with Gasteiger partial charge in [-0.1, -0.05) is 166 Å². The van der Waals surface area contributed by atoms with Crippen LogP contribution in [-0.2, 0) is 0 Å². The van der Waals surface area contributed by atoms with E-state index in [1.165, 1.54) is 0 Å². The van der Waals surface area contributed by atoms with Gasteiger partial charge in [0, 0.05) is 0 Å². The predicted molar refractivity (Wildman–Crippen MR) is 282 cm³/mol. The molecule has 0 aliphatic carbocycles. The Bertz CT molecular complexity index is 670. The molecule has 20 heteroatoms. The summed E-state index contributed by atoms with van der Waals surface area (Å²) >= 11 is 0. The number of hydroxylamine groups is 16. The zero-order chi connectivity index (χ0) is 53.9. The van der Waals surface area contributed by atoms with Gasteiger partial charge in [-0.15, -0.1) is 0 Å². The Morgan fingerprint density at radius 3 is 0.265 bits per heavy atom. The Balaban J connectivity index is -0.0000000523. The van der Waals surface area contributed by atoms with Crippen LogP contribution >= 0.6 is 0 Å². The zero-order valence-corrected chi connectivity index (χ0v) is 62.5. The van der Waals surface area contributed by atoms with Crippen molar-refractivity contribution in [3.05, 3.63) is 41.7 Å². The van der Waals surface area contributed by atoms with Crippen LogP contribution in [0.4, 0.5) is 0 Å². The summed E-state index contributed by atoms with van der Waals surface area (Å²) in [5, 5.41) is 93.4. The van der Waals surface area contributed by atoms with Crippen LogP contribution in [-0.4, -0.2) is 127 Å². The van der Waals surface area contributed by atoms with E-state index in [4.69, 9.17) is 0 Å². The monoisotopic (exact) mass is 1310 g/mol. The van der Waals surface area contributed by atoms with Crippen molar-refractivity contribution in [3.63, 3.8) is 0 Å². The summed E-state index contributed by atoms with van der Waals surface area (Å²) in [6.45, 7) is 61.0. The average Bonchev–Trinajstić information content (AvgIpc) is 3.16. The van der Waals surface area contributed by atoms with Crippen LogP contribution < -0.4 is 113 Å². The number of rotatable bonds is 16. The van der Waals surface area contributed by atoms with Crippen LogP contribution in [0.15, 0.2) is 0 Å². The van der Waals surface area contributed by atoms with E-state index in [1.807, 2.05) is 222 Å². The molecule has 68 heavy (non-hydrogen) atoms. The van der Waals surface area contributed by atoms with Gasteiger partial charge in [0.15, 0.2) is 0 Å². The van der Waals surface area contributed by atoms with E-state index in [2.05, 4.69) is 0 Å². The van der Waals surface area contributed by atoms with E-state index < -0.39 is 0 Å². The van der Waals surface area contributed by atoms with Gasteiger partial charge in [0.25, 0.3) is 0 Å². The maximum atomic E-state index is 10.8. The van der Waals surface area contributed by atoms with E-state index in [-0.39, 0.29) is 280 Å². The van der Waals surface area contributed by atoms with E-state index in [9.17, 15) is 41.7 Å². The molecule has 0 atom stereocenters. The molecular formula is C48H114K2N8O8Sm2+2. The molecule has 0 heterocycles. The van der Waals surface area contributed by atoms with Crippen molar-refractivity contribution in [2.45, 2.75) is 318 Å². The van der Waals surface area contributed by atoms with Crippen molar-refractivity contribution >= 4 is 0 Å². The Morgan fingerprint density at radius 1 is 0.206 bits per heavy atom. The largest absolute Gasteiger partial charge is 3.00 e. The van der Waals surface area contributed by atoms with Gasteiger partial charge in [-0.05, 0) is 128 Å². The van der Waals surface area contributed by atoms with Crippen molar-refractivity contribution < 1.29 is 194 Å². The maximum absolute atomic E-state index is 10.8. The molecule has 2 N–H and O–H groups in total. The first kappa shape index (κ1) is 102. The summed E-state index contributed by atoms with van der Waals surface area (Å²) in [7, 11) is 0. The Kier molecular flexibility index (Phi) is 92.3. The van der Waals surface area contributed by atoms with Crippen molar-refractivity contribution in [1.82, 2.24) is 30.4 Å². The average molecular weight is 1310 g/mol. The third-order valence-electron chi connectivity index (χ3n) is 8.38. The Morgan fingerprint density at radius 2 is 0.265 bits per heavy atom. The number of hydrogen-bond acceptors (Lipinski definition) is 14. The number of nitrogens with zero attached hydrogens (tertiary/aromatic N) is 6. The topological polar surface area (TPSA) is 213 Å². The third kappa shape index (κ3) is 73.4. The van der Waals surface area contributed by atoms with Crippen LogP contribution in [0, 0.1) is 122 Å². The summed E-state index contributed by atoms with van der Waals surface area (Å²) < 4.78 is 0. The minimum absolute atomic E-state index is 0. The van der Waals surface area contributed by atoms with Crippen LogP contribution in [0.2, 0.25) is 0 Å². The van der Waals surface area contributed by atoms with Crippen LogP contribution in [0.3, 0.4) is 0 Å². The van der Waals surface area contributed by atoms with Crippen molar-refractivity contribution in [2.24, 2.45) is 0 Å². The molecule has 0 unspecified atom stereocenters. The minimum atomic E-state index is 0. The van der Waals surface area contributed by atoms with Gasteiger partial charge in [0.05, 0.1) is 24.2 Å². The second-order valence-electron chi connectivity index (χ2n) is 20.7. The smallest absolute Gasteiger partial charge is 0.785 e. The van der Waals surface area contributed by atoms with Gasteiger partial charge >= 0.3 is 184 Å². The molecule has 0 saturated heterocycles. The molecule has 0 amide bonds. The third-order valence-corrected chi connectivity index (χ3v) is 8.38. The molecule has 0 aromatic carbocycles. The molecule has 0 aliphatic heterocycles. The van der Waals surface area contributed by atoms with Gasteiger partial charge in [0.1, 0.15) is 0 Å². The number of nitrogens with one attached hydrogen (secondary N) is 2. The van der Waals surface area contributed by atoms with Crippen molar-refractivity contribution in [3.8, 4) is 0 Å². The number of quaternary nitrogens is 2. The molecule has 0 spiro atoms. The second kappa shape index (κ2) is 61.5. The summed E-state index contributed by atoms with van der Waals surface area (Å²) in [5.41, 5.74) is 0. The van der Waals surface area contributed by atoms with Crippen molar-refractivity contribution in [2.75, 3.05) is 0 Å². The molecule has 0 aromatic heterocycles. The first-order chi connectivity index (χ1) is 28.4. The fourth-order valence-corrected chi connectivity index (χ4v) is 4.91.